The minimum Gasteiger partial charge on any atom is -0.371 e. The van der Waals surface area contributed by atoms with Gasteiger partial charge in [0.15, 0.2) is 0 Å². The summed E-state index contributed by atoms with van der Waals surface area (Å²) in [5.41, 5.74) is 5.99. The smallest absolute Gasteiger partial charge is 0.107 e. The van der Waals surface area contributed by atoms with Crippen LogP contribution in [0.1, 0.15) is 23.8 Å². The number of hydrogen-bond donors (Lipinski definition) is 1. The van der Waals surface area contributed by atoms with Gasteiger partial charge in [0.05, 0.1) is 0 Å². The number of thiophene rings is 1. The summed E-state index contributed by atoms with van der Waals surface area (Å²) in [4.78, 5) is 1.12. The number of hydrogen-bond acceptors (Lipinski definition) is 3. The van der Waals surface area contributed by atoms with Crippen molar-refractivity contribution in [2.75, 3.05) is 6.61 Å². The predicted octanol–water partition coefficient (Wildman–Crippen LogP) is 3.34. The van der Waals surface area contributed by atoms with Crippen molar-refractivity contribution in [3.8, 4) is 0 Å². The molecule has 0 aliphatic carbocycles. The Morgan fingerprint density at radius 1 is 1.64 bits per heavy atom. The molecule has 2 unspecified atom stereocenters. The normalized spacial score (nSPS) is 27.9. The van der Waals surface area contributed by atoms with Gasteiger partial charge < -0.3 is 10.5 Å². The summed E-state index contributed by atoms with van der Waals surface area (Å²) in [5.74, 6) is 0. The van der Waals surface area contributed by atoms with Gasteiger partial charge in [-0.05, 0) is 34.8 Å². The summed E-state index contributed by atoms with van der Waals surface area (Å²) in [6.45, 7) is 0.797. The zero-order valence-corrected chi connectivity index (χ0v) is 10.7. The Kier molecular flexibility index (Phi) is 3.50. The van der Waals surface area contributed by atoms with E-state index in [1.54, 1.807) is 0 Å². The zero-order chi connectivity index (χ0) is 10.1. The van der Waals surface area contributed by atoms with Crippen molar-refractivity contribution in [1.82, 2.24) is 0 Å². The van der Waals surface area contributed by atoms with Crippen molar-refractivity contribution < 1.29 is 4.74 Å². The van der Waals surface area contributed by atoms with Crippen LogP contribution in [0.15, 0.2) is 10.5 Å². The maximum Gasteiger partial charge on any atom is 0.107 e. The molecule has 0 spiro atoms. The third-order valence-electron chi connectivity index (χ3n) is 2.31. The highest BCUT2D eigenvalue weighted by Crippen LogP contribution is 2.38. The molecule has 2 heterocycles. The molecule has 1 aliphatic heterocycles. The molecular formula is C9H11BrClNOS. The van der Waals surface area contributed by atoms with Crippen LogP contribution in [0.4, 0.5) is 0 Å². The molecule has 1 fully saturated rings. The Labute approximate surface area is 101 Å². The fourth-order valence-electron chi connectivity index (χ4n) is 1.60. The van der Waals surface area contributed by atoms with E-state index in [1.165, 1.54) is 11.3 Å². The molecule has 0 amide bonds. The highest BCUT2D eigenvalue weighted by molar-refractivity contribution is 9.10. The standard InChI is InChI=1S/C9H11BrClNOS/c10-5-4-7(14-9(5)11)8-6(12)2-1-3-13-8/h4,6,8H,1-3,12H2. The van der Waals surface area contributed by atoms with Gasteiger partial charge in [0.1, 0.15) is 10.4 Å². The van der Waals surface area contributed by atoms with E-state index in [-0.39, 0.29) is 12.1 Å². The van der Waals surface area contributed by atoms with E-state index in [0.29, 0.717) is 0 Å². The Hall–Kier alpha value is 0.390. The van der Waals surface area contributed by atoms with Crippen LogP contribution in [0.2, 0.25) is 4.34 Å². The summed E-state index contributed by atoms with van der Waals surface area (Å²) in [6.07, 6.45) is 2.10. The van der Waals surface area contributed by atoms with Crippen LogP contribution < -0.4 is 5.73 Å². The second kappa shape index (κ2) is 4.49. The largest absolute Gasteiger partial charge is 0.371 e. The van der Waals surface area contributed by atoms with E-state index in [4.69, 9.17) is 22.1 Å². The van der Waals surface area contributed by atoms with Crippen molar-refractivity contribution in [3.05, 3.63) is 19.8 Å². The second-order valence-corrected chi connectivity index (χ2v) is 5.91. The fraction of sp³-hybridized carbons (Fsp3) is 0.556. The molecule has 0 radical (unpaired) electrons. The van der Waals surface area contributed by atoms with Crippen LogP contribution in [-0.4, -0.2) is 12.6 Å². The lowest BCUT2D eigenvalue weighted by Gasteiger charge is -2.27. The molecule has 1 aromatic rings. The lowest BCUT2D eigenvalue weighted by molar-refractivity contribution is 0.00233. The number of halogens is 2. The molecule has 2 atom stereocenters. The molecule has 0 aromatic carbocycles. The minimum atomic E-state index is 0.0255. The highest BCUT2D eigenvalue weighted by atomic mass is 79.9. The summed E-state index contributed by atoms with van der Waals surface area (Å²) in [6, 6.07) is 2.11. The van der Waals surface area contributed by atoms with Crippen LogP contribution in [0.5, 0.6) is 0 Å². The Balaban J connectivity index is 2.20. The number of nitrogens with two attached hydrogens (primary N) is 1. The minimum absolute atomic E-state index is 0.0255. The summed E-state index contributed by atoms with van der Waals surface area (Å²) < 4.78 is 7.35. The maximum absolute atomic E-state index is 5.99. The molecule has 78 valence electrons. The lowest BCUT2D eigenvalue weighted by atomic mass is 10.0. The molecule has 2 N–H and O–H groups in total. The number of ether oxygens (including phenoxy) is 1. The van der Waals surface area contributed by atoms with Crippen LogP contribution in [0.3, 0.4) is 0 Å². The Morgan fingerprint density at radius 3 is 3.00 bits per heavy atom. The third kappa shape index (κ3) is 2.14. The third-order valence-corrected chi connectivity index (χ3v) is 4.85. The first kappa shape index (κ1) is 10.9. The summed E-state index contributed by atoms with van der Waals surface area (Å²) in [7, 11) is 0. The molecule has 14 heavy (non-hydrogen) atoms. The fourth-order valence-corrected chi connectivity index (χ4v) is 3.46. The van der Waals surface area contributed by atoms with Crippen molar-refractivity contribution in [1.29, 1.82) is 0 Å². The molecule has 2 nitrogen and oxygen atoms in total. The molecule has 0 bridgehead atoms. The lowest BCUT2D eigenvalue weighted by Crippen LogP contribution is -2.33. The van der Waals surface area contributed by atoms with E-state index < -0.39 is 0 Å². The first-order chi connectivity index (χ1) is 6.68. The monoisotopic (exact) mass is 295 g/mol. The predicted molar refractivity (Wildman–Crippen MR) is 62.9 cm³/mol. The van der Waals surface area contributed by atoms with E-state index >= 15 is 0 Å². The van der Waals surface area contributed by atoms with Crippen LogP contribution in [-0.2, 0) is 4.74 Å². The highest BCUT2D eigenvalue weighted by Gasteiger charge is 2.26. The maximum atomic E-state index is 5.99. The van der Waals surface area contributed by atoms with E-state index in [2.05, 4.69) is 15.9 Å². The van der Waals surface area contributed by atoms with Gasteiger partial charge in [-0.25, -0.2) is 0 Å². The van der Waals surface area contributed by atoms with Gasteiger partial charge in [-0.15, -0.1) is 11.3 Å². The molecule has 2 rings (SSSR count). The van der Waals surface area contributed by atoms with E-state index in [1.807, 2.05) is 6.07 Å². The SMILES string of the molecule is NC1CCCOC1c1cc(Br)c(Cl)s1. The van der Waals surface area contributed by atoms with E-state index in [9.17, 15) is 0 Å². The van der Waals surface area contributed by atoms with Gasteiger partial charge in [0.25, 0.3) is 0 Å². The van der Waals surface area contributed by atoms with Gasteiger partial charge in [0, 0.05) is 22.0 Å². The number of rotatable bonds is 1. The molecular weight excluding hydrogens is 286 g/mol. The second-order valence-electron chi connectivity index (χ2n) is 3.37. The van der Waals surface area contributed by atoms with Crippen LogP contribution >= 0.6 is 38.9 Å². The molecule has 5 heteroatoms. The van der Waals surface area contributed by atoms with Crippen LogP contribution in [0.25, 0.3) is 0 Å². The Bertz CT molecular complexity index is 311. The van der Waals surface area contributed by atoms with Gasteiger partial charge in [-0.3, -0.25) is 0 Å². The van der Waals surface area contributed by atoms with Crippen molar-refractivity contribution in [3.63, 3.8) is 0 Å². The first-order valence-electron chi connectivity index (χ1n) is 4.50. The summed E-state index contributed by atoms with van der Waals surface area (Å²) >= 11 is 10.9. The van der Waals surface area contributed by atoms with E-state index in [0.717, 1.165) is 33.1 Å². The van der Waals surface area contributed by atoms with Gasteiger partial charge in [-0.1, -0.05) is 11.6 Å². The van der Waals surface area contributed by atoms with Gasteiger partial charge in [-0.2, -0.15) is 0 Å². The average molecular weight is 297 g/mol. The van der Waals surface area contributed by atoms with Crippen molar-refractivity contribution in [2.24, 2.45) is 5.73 Å². The molecule has 1 saturated heterocycles. The molecule has 1 aromatic heterocycles. The van der Waals surface area contributed by atoms with Gasteiger partial charge >= 0.3 is 0 Å². The topological polar surface area (TPSA) is 35.2 Å². The van der Waals surface area contributed by atoms with Gasteiger partial charge in [0.2, 0.25) is 0 Å². The quantitative estimate of drug-likeness (QED) is 0.862. The van der Waals surface area contributed by atoms with Crippen molar-refractivity contribution in [2.45, 2.75) is 25.0 Å². The first-order valence-corrected chi connectivity index (χ1v) is 6.49. The van der Waals surface area contributed by atoms with Crippen LogP contribution in [0, 0.1) is 0 Å². The zero-order valence-electron chi connectivity index (χ0n) is 7.50. The molecule has 1 aliphatic rings. The Morgan fingerprint density at radius 2 is 2.43 bits per heavy atom. The van der Waals surface area contributed by atoms with Crippen molar-refractivity contribution >= 4 is 38.9 Å². The summed E-state index contributed by atoms with van der Waals surface area (Å²) in [5, 5.41) is 0. The average Bonchev–Trinajstić information content (AvgIpc) is 2.48. The molecule has 0 saturated carbocycles.